The molecule has 18 heavy (non-hydrogen) atoms. The number of hydrogen-bond donors (Lipinski definition) is 2. The zero-order chi connectivity index (χ0) is 12.8. The van der Waals surface area contributed by atoms with Crippen LogP contribution in [0.15, 0.2) is 6.07 Å². The Morgan fingerprint density at radius 3 is 3.17 bits per heavy atom. The number of nitrogens with one attached hydrogen (secondary N) is 1. The van der Waals surface area contributed by atoms with E-state index in [1.807, 2.05) is 17.8 Å². The predicted octanol–water partition coefficient (Wildman–Crippen LogP) is 1.73. The van der Waals surface area contributed by atoms with Gasteiger partial charge in [-0.2, -0.15) is 16.7 Å². The van der Waals surface area contributed by atoms with Gasteiger partial charge in [-0.1, -0.05) is 0 Å². The molecule has 0 bridgehead atoms. The lowest BCUT2D eigenvalue weighted by Crippen LogP contribution is -2.10. The van der Waals surface area contributed by atoms with Crippen molar-refractivity contribution in [3.05, 3.63) is 11.8 Å². The Morgan fingerprint density at radius 2 is 2.44 bits per heavy atom. The Morgan fingerprint density at radius 1 is 1.56 bits per heavy atom. The summed E-state index contributed by atoms with van der Waals surface area (Å²) >= 11 is 1.85. The van der Waals surface area contributed by atoms with Gasteiger partial charge in [0, 0.05) is 25.1 Å². The van der Waals surface area contributed by atoms with E-state index in [1.54, 1.807) is 0 Å². The molecule has 100 valence electrons. The molecule has 0 saturated carbocycles. The summed E-state index contributed by atoms with van der Waals surface area (Å²) < 4.78 is 5.38. The average molecular weight is 268 g/mol. The first-order valence-corrected chi connectivity index (χ1v) is 7.64. The molecule has 0 spiro atoms. The number of ether oxygens (including phenoxy) is 1. The molecule has 3 N–H and O–H groups in total. The molecule has 1 fully saturated rings. The Balaban J connectivity index is 1.97. The summed E-state index contributed by atoms with van der Waals surface area (Å²) in [6.07, 6.45) is 4.25. The van der Waals surface area contributed by atoms with E-state index in [-0.39, 0.29) is 0 Å². The lowest BCUT2D eigenvalue weighted by Gasteiger charge is -2.11. The van der Waals surface area contributed by atoms with Crippen molar-refractivity contribution in [2.24, 2.45) is 0 Å². The van der Waals surface area contributed by atoms with Crippen molar-refractivity contribution >= 4 is 23.5 Å². The summed E-state index contributed by atoms with van der Waals surface area (Å²) in [5.41, 5.74) is 6.74. The lowest BCUT2D eigenvalue weighted by molar-refractivity contribution is 0.193. The van der Waals surface area contributed by atoms with Gasteiger partial charge in [-0.25, -0.2) is 4.98 Å². The summed E-state index contributed by atoms with van der Waals surface area (Å²) in [4.78, 5) is 8.51. The second-order valence-corrected chi connectivity index (χ2v) is 5.36. The lowest BCUT2D eigenvalue weighted by atomic mass is 10.0. The molecule has 1 aromatic rings. The summed E-state index contributed by atoms with van der Waals surface area (Å²) in [5, 5.41) is 3.30. The topological polar surface area (TPSA) is 73.1 Å². The zero-order valence-corrected chi connectivity index (χ0v) is 11.5. The number of aromatic nitrogens is 2. The van der Waals surface area contributed by atoms with E-state index in [0.29, 0.717) is 11.9 Å². The van der Waals surface area contributed by atoms with Crippen LogP contribution in [0.3, 0.4) is 0 Å². The van der Waals surface area contributed by atoms with Crippen LogP contribution in [-0.4, -0.2) is 41.7 Å². The van der Waals surface area contributed by atoms with Crippen molar-refractivity contribution in [2.75, 3.05) is 42.8 Å². The van der Waals surface area contributed by atoms with Crippen LogP contribution in [0.4, 0.5) is 11.8 Å². The van der Waals surface area contributed by atoms with Gasteiger partial charge in [0.2, 0.25) is 5.95 Å². The maximum Gasteiger partial charge on any atom is 0.222 e. The second-order valence-electron chi connectivity index (χ2n) is 4.37. The highest BCUT2D eigenvalue weighted by atomic mass is 32.2. The maximum absolute atomic E-state index is 5.75. The van der Waals surface area contributed by atoms with E-state index in [1.165, 1.54) is 0 Å². The fourth-order valence-corrected chi connectivity index (χ4v) is 2.42. The monoisotopic (exact) mass is 268 g/mol. The van der Waals surface area contributed by atoms with Gasteiger partial charge in [-0.3, -0.25) is 0 Å². The van der Waals surface area contributed by atoms with Gasteiger partial charge in [0.1, 0.15) is 5.82 Å². The summed E-state index contributed by atoms with van der Waals surface area (Å²) in [6, 6.07) is 1.99. The zero-order valence-electron chi connectivity index (χ0n) is 10.7. The van der Waals surface area contributed by atoms with Crippen molar-refractivity contribution in [2.45, 2.75) is 18.8 Å². The number of anilines is 2. The molecule has 0 aliphatic carbocycles. The average Bonchev–Trinajstić information content (AvgIpc) is 2.88. The normalized spacial score (nSPS) is 19.1. The van der Waals surface area contributed by atoms with Gasteiger partial charge in [0.05, 0.1) is 12.3 Å². The van der Waals surface area contributed by atoms with E-state index >= 15 is 0 Å². The number of nitrogens with zero attached hydrogens (tertiary/aromatic N) is 2. The van der Waals surface area contributed by atoms with Crippen molar-refractivity contribution < 1.29 is 4.74 Å². The highest BCUT2D eigenvalue weighted by molar-refractivity contribution is 7.98. The molecule has 1 aliphatic rings. The quantitative estimate of drug-likeness (QED) is 0.765. The number of rotatable bonds is 6. The molecule has 2 heterocycles. The van der Waals surface area contributed by atoms with Crippen LogP contribution in [-0.2, 0) is 4.74 Å². The highest BCUT2D eigenvalue weighted by Gasteiger charge is 2.20. The second kappa shape index (κ2) is 6.80. The first-order valence-electron chi connectivity index (χ1n) is 6.24. The first kappa shape index (κ1) is 13.4. The molecule has 6 heteroatoms. The molecule has 0 aromatic carbocycles. The summed E-state index contributed by atoms with van der Waals surface area (Å²) in [6.45, 7) is 2.46. The molecule has 1 saturated heterocycles. The highest BCUT2D eigenvalue weighted by Crippen LogP contribution is 2.25. The van der Waals surface area contributed by atoms with E-state index in [0.717, 1.165) is 49.9 Å². The first-order chi connectivity index (χ1) is 8.79. The molecule has 1 aliphatic heterocycles. The van der Waals surface area contributed by atoms with E-state index in [9.17, 15) is 0 Å². The molecule has 0 radical (unpaired) electrons. The SMILES string of the molecule is CSCCCNc1cc([C@H]2CCOC2)nc(N)n1. The number of nitrogen functional groups attached to an aromatic ring is 1. The van der Waals surface area contributed by atoms with Crippen LogP contribution < -0.4 is 11.1 Å². The van der Waals surface area contributed by atoms with Crippen molar-refractivity contribution in [3.8, 4) is 0 Å². The van der Waals surface area contributed by atoms with Crippen LogP contribution in [0.2, 0.25) is 0 Å². The van der Waals surface area contributed by atoms with Gasteiger partial charge >= 0.3 is 0 Å². The minimum Gasteiger partial charge on any atom is -0.381 e. The van der Waals surface area contributed by atoms with Crippen molar-refractivity contribution in [1.29, 1.82) is 0 Å². The molecule has 2 rings (SSSR count). The third kappa shape index (κ3) is 3.74. The van der Waals surface area contributed by atoms with E-state index in [2.05, 4.69) is 21.5 Å². The Hall–Kier alpha value is -1.01. The Kier molecular flexibility index (Phi) is 5.07. The van der Waals surface area contributed by atoms with Crippen molar-refractivity contribution in [3.63, 3.8) is 0 Å². The fourth-order valence-electron chi connectivity index (χ4n) is 1.99. The number of nitrogens with two attached hydrogens (primary N) is 1. The van der Waals surface area contributed by atoms with Gasteiger partial charge in [0.15, 0.2) is 0 Å². The smallest absolute Gasteiger partial charge is 0.222 e. The molecule has 5 nitrogen and oxygen atoms in total. The standard InChI is InChI=1S/C12H20N4OS/c1-18-6-2-4-14-11-7-10(15-12(13)16-11)9-3-5-17-8-9/h7,9H,2-6,8H2,1H3,(H3,13,14,15,16)/t9-/m0/s1. The van der Waals surface area contributed by atoms with Crippen LogP contribution in [0.25, 0.3) is 0 Å². The molecule has 0 amide bonds. The van der Waals surface area contributed by atoms with Crippen LogP contribution in [0, 0.1) is 0 Å². The third-order valence-corrected chi connectivity index (χ3v) is 3.64. The molecular formula is C12H20N4OS. The predicted molar refractivity (Wildman–Crippen MR) is 76.1 cm³/mol. The minimum absolute atomic E-state index is 0.340. The molecular weight excluding hydrogens is 248 g/mol. The Bertz CT molecular complexity index is 382. The fraction of sp³-hybridized carbons (Fsp3) is 0.667. The molecule has 1 aromatic heterocycles. The van der Waals surface area contributed by atoms with Crippen LogP contribution >= 0.6 is 11.8 Å². The summed E-state index contributed by atoms with van der Waals surface area (Å²) in [5.74, 6) is 2.68. The number of hydrogen-bond acceptors (Lipinski definition) is 6. The van der Waals surface area contributed by atoms with Crippen molar-refractivity contribution in [1.82, 2.24) is 9.97 Å². The molecule has 1 atom stereocenters. The van der Waals surface area contributed by atoms with E-state index < -0.39 is 0 Å². The maximum atomic E-state index is 5.75. The van der Waals surface area contributed by atoms with Crippen LogP contribution in [0.5, 0.6) is 0 Å². The van der Waals surface area contributed by atoms with Gasteiger partial charge < -0.3 is 15.8 Å². The van der Waals surface area contributed by atoms with Crippen LogP contribution in [0.1, 0.15) is 24.5 Å². The third-order valence-electron chi connectivity index (χ3n) is 2.94. The van der Waals surface area contributed by atoms with Gasteiger partial charge in [0.25, 0.3) is 0 Å². The van der Waals surface area contributed by atoms with Gasteiger partial charge in [-0.15, -0.1) is 0 Å². The van der Waals surface area contributed by atoms with E-state index in [4.69, 9.17) is 10.5 Å². The van der Waals surface area contributed by atoms with Gasteiger partial charge in [-0.05, 0) is 24.9 Å². The Labute approximate surface area is 112 Å². The minimum atomic E-state index is 0.340. The summed E-state index contributed by atoms with van der Waals surface area (Å²) in [7, 11) is 0. The largest absolute Gasteiger partial charge is 0.381 e. The number of thioether (sulfide) groups is 1. The molecule has 0 unspecified atom stereocenters.